The summed E-state index contributed by atoms with van der Waals surface area (Å²) in [6.07, 6.45) is 5.91. The number of nitrogens with zero attached hydrogens (tertiary/aromatic N) is 1. The molecule has 0 spiro atoms. The second-order valence-corrected chi connectivity index (χ2v) is 7.00. The Balaban J connectivity index is 1.39. The fraction of sp³-hybridized carbons (Fsp3) is 0.238. The van der Waals surface area contributed by atoms with Crippen molar-refractivity contribution in [1.82, 2.24) is 9.55 Å². The third kappa shape index (κ3) is 4.32. The summed E-state index contributed by atoms with van der Waals surface area (Å²) in [5, 5.41) is 2.92. The van der Waals surface area contributed by atoms with Gasteiger partial charge < -0.3 is 19.8 Å². The molecule has 1 unspecified atom stereocenters. The highest BCUT2D eigenvalue weighted by Gasteiger charge is 2.16. The average Bonchev–Trinajstić information content (AvgIpc) is 3.38. The number of benzene rings is 2. The van der Waals surface area contributed by atoms with Gasteiger partial charge in [0.05, 0.1) is 6.10 Å². The Morgan fingerprint density at radius 3 is 2.86 bits per heavy atom. The molecule has 1 saturated heterocycles. The number of anilines is 1. The molecule has 4 rings (SSSR count). The molecule has 2 N–H and O–H groups in total. The van der Waals surface area contributed by atoms with Crippen molar-refractivity contribution in [2.45, 2.75) is 18.9 Å². The zero-order valence-electron chi connectivity index (χ0n) is 15.3. The number of hydrogen-bond donors (Lipinski definition) is 2. The Bertz CT molecular complexity index is 1000. The van der Waals surface area contributed by atoms with E-state index in [2.05, 4.69) is 10.3 Å². The lowest BCUT2D eigenvalue weighted by atomic mass is 10.2. The van der Waals surface area contributed by atoms with Crippen LogP contribution in [0.25, 0.3) is 5.69 Å². The van der Waals surface area contributed by atoms with Gasteiger partial charge in [0, 0.05) is 35.9 Å². The SMILES string of the molecule is O=C(Nc1cccc(-n2cc[nH]c2=S)c1)c1ccc(OCC2CCCO2)cc1. The summed E-state index contributed by atoms with van der Waals surface area (Å²) >= 11 is 5.24. The van der Waals surface area contributed by atoms with Crippen LogP contribution in [-0.2, 0) is 4.74 Å². The molecule has 1 fully saturated rings. The van der Waals surface area contributed by atoms with Gasteiger partial charge in [0.1, 0.15) is 12.4 Å². The van der Waals surface area contributed by atoms with Crippen LogP contribution in [0.2, 0.25) is 0 Å². The molecule has 0 aliphatic carbocycles. The van der Waals surface area contributed by atoms with Crippen molar-refractivity contribution in [2.75, 3.05) is 18.5 Å². The van der Waals surface area contributed by atoms with Crippen LogP contribution in [0.3, 0.4) is 0 Å². The predicted octanol–water partition coefficient (Wildman–Crippen LogP) is 4.34. The number of ether oxygens (including phenoxy) is 2. The Kier molecular flexibility index (Phi) is 5.55. The van der Waals surface area contributed by atoms with Crippen LogP contribution in [0.15, 0.2) is 60.9 Å². The number of imidazole rings is 1. The molecule has 0 saturated carbocycles. The van der Waals surface area contributed by atoms with Crippen molar-refractivity contribution in [2.24, 2.45) is 0 Å². The van der Waals surface area contributed by atoms with Crippen LogP contribution in [0.4, 0.5) is 5.69 Å². The van der Waals surface area contributed by atoms with E-state index in [9.17, 15) is 4.79 Å². The predicted molar refractivity (Wildman–Crippen MR) is 110 cm³/mol. The summed E-state index contributed by atoms with van der Waals surface area (Å²) in [5.74, 6) is 0.552. The van der Waals surface area contributed by atoms with Gasteiger partial charge in [-0.15, -0.1) is 0 Å². The molecule has 1 aliphatic heterocycles. The lowest BCUT2D eigenvalue weighted by Gasteiger charge is -2.12. The number of aromatic nitrogens is 2. The second kappa shape index (κ2) is 8.41. The zero-order valence-corrected chi connectivity index (χ0v) is 16.1. The fourth-order valence-electron chi connectivity index (χ4n) is 3.13. The molecule has 1 amide bonds. The van der Waals surface area contributed by atoms with Crippen LogP contribution in [-0.4, -0.2) is 34.8 Å². The van der Waals surface area contributed by atoms with E-state index in [0.29, 0.717) is 22.6 Å². The van der Waals surface area contributed by atoms with Crippen molar-refractivity contribution >= 4 is 23.8 Å². The third-order valence-electron chi connectivity index (χ3n) is 4.61. The highest BCUT2D eigenvalue weighted by Crippen LogP contribution is 2.19. The summed E-state index contributed by atoms with van der Waals surface area (Å²) in [6.45, 7) is 1.35. The Morgan fingerprint density at radius 2 is 2.14 bits per heavy atom. The number of aromatic amines is 1. The van der Waals surface area contributed by atoms with Gasteiger partial charge in [0.2, 0.25) is 0 Å². The van der Waals surface area contributed by atoms with Gasteiger partial charge >= 0.3 is 0 Å². The maximum absolute atomic E-state index is 12.6. The topological polar surface area (TPSA) is 68.3 Å². The molecule has 144 valence electrons. The maximum Gasteiger partial charge on any atom is 0.255 e. The Hall–Kier alpha value is -2.90. The van der Waals surface area contributed by atoms with Gasteiger partial charge in [-0.2, -0.15) is 0 Å². The highest BCUT2D eigenvalue weighted by atomic mass is 32.1. The molecule has 0 radical (unpaired) electrons. The largest absolute Gasteiger partial charge is 0.491 e. The van der Waals surface area contributed by atoms with Crippen LogP contribution in [0, 0.1) is 4.77 Å². The number of carbonyl (C=O) groups excluding carboxylic acids is 1. The van der Waals surface area contributed by atoms with Gasteiger partial charge in [-0.05, 0) is 67.5 Å². The number of H-pyrrole nitrogens is 1. The smallest absolute Gasteiger partial charge is 0.255 e. The van der Waals surface area contributed by atoms with Gasteiger partial charge in [0.15, 0.2) is 4.77 Å². The first kappa shape index (κ1) is 18.5. The van der Waals surface area contributed by atoms with Crippen molar-refractivity contribution in [3.05, 3.63) is 71.3 Å². The number of amides is 1. The Morgan fingerprint density at radius 1 is 1.29 bits per heavy atom. The van der Waals surface area contributed by atoms with E-state index in [1.54, 1.807) is 30.5 Å². The standard InChI is InChI=1S/C21H21N3O3S/c25-20(15-6-8-18(9-7-15)27-14-19-5-2-12-26-19)23-16-3-1-4-17(13-16)24-11-10-22-21(24)28/h1,3-4,6-11,13,19H,2,5,12,14H2,(H,22,28)(H,23,25). The first-order chi connectivity index (χ1) is 13.7. The van der Waals surface area contributed by atoms with Crippen molar-refractivity contribution in [3.8, 4) is 11.4 Å². The van der Waals surface area contributed by atoms with Crippen molar-refractivity contribution < 1.29 is 14.3 Å². The maximum atomic E-state index is 12.6. The molecule has 7 heteroatoms. The first-order valence-corrected chi connectivity index (χ1v) is 9.62. The Labute approximate surface area is 168 Å². The first-order valence-electron chi connectivity index (χ1n) is 9.21. The normalized spacial score (nSPS) is 16.1. The van der Waals surface area contributed by atoms with E-state index >= 15 is 0 Å². The van der Waals surface area contributed by atoms with Gasteiger partial charge in [0.25, 0.3) is 5.91 Å². The molecule has 1 aromatic heterocycles. The second-order valence-electron chi connectivity index (χ2n) is 6.61. The quantitative estimate of drug-likeness (QED) is 0.609. The molecular formula is C21H21N3O3S. The number of carbonyl (C=O) groups is 1. The van der Waals surface area contributed by atoms with E-state index < -0.39 is 0 Å². The van der Waals surface area contributed by atoms with E-state index in [0.717, 1.165) is 30.9 Å². The van der Waals surface area contributed by atoms with Gasteiger partial charge in [-0.25, -0.2) is 0 Å². The van der Waals surface area contributed by atoms with Crippen LogP contribution >= 0.6 is 12.2 Å². The molecule has 0 bridgehead atoms. The molecule has 3 aromatic rings. The minimum atomic E-state index is -0.180. The molecule has 2 heterocycles. The minimum absolute atomic E-state index is 0.170. The molecule has 1 aliphatic rings. The fourth-order valence-corrected chi connectivity index (χ4v) is 3.36. The minimum Gasteiger partial charge on any atom is -0.491 e. The van der Waals surface area contributed by atoms with Gasteiger partial charge in [-0.1, -0.05) is 6.07 Å². The molecule has 1 atom stereocenters. The third-order valence-corrected chi connectivity index (χ3v) is 4.92. The van der Waals surface area contributed by atoms with Gasteiger partial charge in [-0.3, -0.25) is 9.36 Å². The molecule has 6 nitrogen and oxygen atoms in total. The molecular weight excluding hydrogens is 374 g/mol. The number of rotatable bonds is 6. The number of hydrogen-bond acceptors (Lipinski definition) is 4. The number of nitrogens with one attached hydrogen (secondary N) is 2. The summed E-state index contributed by atoms with van der Waals surface area (Å²) in [4.78, 5) is 15.5. The van der Waals surface area contributed by atoms with Crippen LogP contribution in [0.5, 0.6) is 5.75 Å². The summed E-state index contributed by atoms with van der Waals surface area (Å²) < 4.78 is 13.7. The lowest BCUT2D eigenvalue weighted by Crippen LogP contribution is -2.16. The summed E-state index contributed by atoms with van der Waals surface area (Å²) in [5.41, 5.74) is 2.14. The van der Waals surface area contributed by atoms with E-state index in [1.807, 2.05) is 35.0 Å². The van der Waals surface area contributed by atoms with Crippen molar-refractivity contribution in [3.63, 3.8) is 0 Å². The summed E-state index contributed by atoms with van der Waals surface area (Å²) in [7, 11) is 0. The lowest BCUT2D eigenvalue weighted by molar-refractivity contribution is 0.0679. The molecule has 2 aromatic carbocycles. The summed E-state index contributed by atoms with van der Waals surface area (Å²) in [6, 6.07) is 14.6. The highest BCUT2D eigenvalue weighted by molar-refractivity contribution is 7.71. The average molecular weight is 395 g/mol. The monoisotopic (exact) mass is 395 g/mol. The van der Waals surface area contributed by atoms with Crippen LogP contribution in [0.1, 0.15) is 23.2 Å². The molecule has 28 heavy (non-hydrogen) atoms. The van der Waals surface area contributed by atoms with E-state index in [-0.39, 0.29) is 12.0 Å². The van der Waals surface area contributed by atoms with E-state index in [4.69, 9.17) is 21.7 Å². The van der Waals surface area contributed by atoms with Crippen LogP contribution < -0.4 is 10.1 Å². The van der Waals surface area contributed by atoms with E-state index in [1.165, 1.54) is 0 Å². The zero-order chi connectivity index (χ0) is 19.3. The van der Waals surface area contributed by atoms with Crippen molar-refractivity contribution in [1.29, 1.82) is 0 Å².